The molecule has 0 amide bonds. The first-order valence-electron chi connectivity index (χ1n) is 7.72. The van der Waals surface area contributed by atoms with Gasteiger partial charge in [-0.05, 0) is 43.0 Å². The van der Waals surface area contributed by atoms with Crippen molar-refractivity contribution in [2.24, 2.45) is 13.0 Å². The number of likely N-dealkylation sites (tertiary alicyclic amines) is 1. The van der Waals surface area contributed by atoms with Gasteiger partial charge in [-0.25, -0.2) is 9.37 Å². The number of rotatable bonds is 4. The van der Waals surface area contributed by atoms with Crippen LogP contribution in [-0.2, 0) is 20.0 Å². The van der Waals surface area contributed by atoms with Gasteiger partial charge in [0.25, 0.3) is 0 Å². The summed E-state index contributed by atoms with van der Waals surface area (Å²) in [7, 11) is 1.95. The quantitative estimate of drug-likeness (QED) is 0.939. The van der Waals surface area contributed by atoms with Crippen LogP contribution in [0.25, 0.3) is 0 Å². The highest BCUT2D eigenvalue weighted by Crippen LogP contribution is 2.23. The number of hydrogen-bond donors (Lipinski definition) is 1. The van der Waals surface area contributed by atoms with Crippen LogP contribution in [0.5, 0.6) is 0 Å². The van der Waals surface area contributed by atoms with Crippen LogP contribution in [0.1, 0.15) is 17.7 Å². The number of aliphatic hydroxyl groups excluding tert-OH is 1. The van der Waals surface area contributed by atoms with Crippen molar-refractivity contribution in [2.75, 3.05) is 13.1 Å². The van der Waals surface area contributed by atoms with E-state index in [0.29, 0.717) is 6.54 Å². The van der Waals surface area contributed by atoms with Gasteiger partial charge in [0.05, 0.1) is 18.1 Å². The van der Waals surface area contributed by atoms with Crippen molar-refractivity contribution in [3.05, 3.63) is 53.9 Å². The number of hydrogen-bond acceptors (Lipinski definition) is 3. The molecule has 118 valence electrons. The van der Waals surface area contributed by atoms with E-state index < -0.39 is 0 Å². The monoisotopic (exact) mass is 303 g/mol. The molecular formula is C17H22FN3O. The number of piperidine rings is 1. The second kappa shape index (κ2) is 6.58. The Bertz CT molecular complexity index is 628. The molecule has 0 radical (unpaired) electrons. The second-order valence-electron chi connectivity index (χ2n) is 6.22. The van der Waals surface area contributed by atoms with E-state index in [0.717, 1.165) is 37.2 Å². The lowest BCUT2D eigenvalue weighted by Gasteiger charge is -2.35. The van der Waals surface area contributed by atoms with Crippen LogP contribution < -0.4 is 0 Å². The molecule has 22 heavy (non-hydrogen) atoms. The Balaban J connectivity index is 1.55. The van der Waals surface area contributed by atoms with Gasteiger partial charge >= 0.3 is 0 Å². The predicted molar refractivity (Wildman–Crippen MR) is 82.7 cm³/mol. The Morgan fingerprint density at radius 1 is 1.41 bits per heavy atom. The van der Waals surface area contributed by atoms with Crippen LogP contribution in [0.2, 0.25) is 0 Å². The summed E-state index contributed by atoms with van der Waals surface area (Å²) < 4.78 is 15.2. The molecule has 1 N–H and O–H groups in total. The van der Waals surface area contributed by atoms with Gasteiger partial charge in [0.15, 0.2) is 0 Å². The van der Waals surface area contributed by atoms with Crippen LogP contribution >= 0.6 is 0 Å². The summed E-state index contributed by atoms with van der Waals surface area (Å²) >= 11 is 0. The number of benzene rings is 1. The summed E-state index contributed by atoms with van der Waals surface area (Å²) in [4.78, 5) is 6.56. The molecule has 2 heterocycles. The van der Waals surface area contributed by atoms with Crippen molar-refractivity contribution >= 4 is 0 Å². The molecule has 0 spiro atoms. The van der Waals surface area contributed by atoms with Crippen molar-refractivity contribution in [1.29, 1.82) is 0 Å². The first kappa shape index (κ1) is 15.2. The summed E-state index contributed by atoms with van der Waals surface area (Å²) in [6.07, 6.45) is 5.08. The maximum atomic E-state index is 13.2. The third kappa shape index (κ3) is 3.72. The highest BCUT2D eigenvalue weighted by atomic mass is 19.1. The van der Waals surface area contributed by atoms with Crippen LogP contribution in [-0.4, -0.2) is 38.8 Å². The number of aryl methyl sites for hydroxylation is 1. The Hall–Kier alpha value is -1.72. The molecule has 1 aliphatic rings. The fraction of sp³-hybridized carbons (Fsp3) is 0.471. The molecule has 3 rings (SSSR count). The Morgan fingerprint density at radius 2 is 2.27 bits per heavy atom. The second-order valence-corrected chi connectivity index (χ2v) is 6.22. The number of β-amino-alcohol motifs (C(OH)–C–C–N with tert-alkyl or cyclic N) is 1. The highest BCUT2D eigenvalue weighted by molar-refractivity contribution is 5.17. The maximum Gasteiger partial charge on any atom is 0.123 e. The minimum Gasteiger partial charge on any atom is -0.391 e. The van der Waals surface area contributed by atoms with Crippen molar-refractivity contribution in [3.63, 3.8) is 0 Å². The van der Waals surface area contributed by atoms with Gasteiger partial charge in [-0.1, -0.05) is 12.1 Å². The van der Waals surface area contributed by atoms with Crippen LogP contribution in [0.3, 0.4) is 0 Å². The fourth-order valence-corrected chi connectivity index (χ4v) is 3.17. The average Bonchev–Trinajstić information content (AvgIpc) is 2.87. The SMILES string of the molecule is Cn1cnc(CN2CC[C@H](Cc3cccc(F)c3)[C@H](O)C2)c1. The molecule has 4 nitrogen and oxygen atoms in total. The number of aliphatic hydroxyl groups is 1. The predicted octanol–water partition coefficient (Wildman–Crippen LogP) is 1.98. The van der Waals surface area contributed by atoms with E-state index >= 15 is 0 Å². The lowest BCUT2D eigenvalue weighted by molar-refractivity contribution is 0.0183. The molecule has 5 heteroatoms. The number of imidazole rings is 1. The molecular weight excluding hydrogens is 281 g/mol. The van der Waals surface area contributed by atoms with Crippen molar-refractivity contribution in [1.82, 2.24) is 14.5 Å². The standard InChI is InChI=1S/C17H22FN3O/c1-20-9-16(19-12-20)10-21-6-5-14(17(22)11-21)7-13-3-2-4-15(18)8-13/h2-4,8-9,12,14,17,22H,5-7,10-11H2,1H3/t14-,17-/m1/s1. The Labute approximate surface area is 130 Å². The van der Waals surface area contributed by atoms with Gasteiger partial charge in [-0.3, -0.25) is 4.90 Å². The zero-order chi connectivity index (χ0) is 15.5. The summed E-state index contributed by atoms with van der Waals surface area (Å²) in [6.45, 7) is 2.36. The van der Waals surface area contributed by atoms with E-state index in [-0.39, 0.29) is 17.8 Å². The Morgan fingerprint density at radius 3 is 2.95 bits per heavy atom. The van der Waals surface area contributed by atoms with E-state index in [1.807, 2.05) is 23.9 Å². The van der Waals surface area contributed by atoms with Gasteiger partial charge in [0.1, 0.15) is 5.82 Å². The molecule has 1 aromatic carbocycles. The van der Waals surface area contributed by atoms with E-state index in [1.165, 1.54) is 6.07 Å². The average molecular weight is 303 g/mol. The topological polar surface area (TPSA) is 41.3 Å². The number of halogens is 1. The highest BCUT2D eigenvalue weighted by Gasteiger charge is 2.28. The summed E-state index contributed by atoms with van der Waals surface area (Å²) in [6, 6.07) is 6.67. The lowest BCUT2D eigenvalue weighted by atomic mass is 9.88. The molecule has 1 fully saturated rings. The van der Waals surface area contributed by atoms with Crippen LogP contribution in [0, 0.1) is 11.7 Å². The first-order chi connectivity index (χ1) is 10.6. The largest absolute Gasteiger partial charge is 0.391 e. The third-order valence-electron chi connectivity index (χ3n) is 4.34. The van der Waals surface area contributed by atoms with Gasteiger partial charge in [-0.2, -0.15) is 0 Å². The van der Waals surface area contributed by atoms with Crippen LogP contribution in [0.15, 0.2) is 36.8 Å². The zero-order valence-corrected chi connectivity index (χ0v) is 12.8. The van der Waals surface area contributed by atoms with Gasteiger partial charge in [0.2, 0.25) is 0 Å². The molecule has 0 bridgehead atoms. The van der Waals surface area contributed by atoms with E-state index in [2.05, 4.69) is 9.88 Å². The van der Waals surface area contributed by atoms with Crippen molar-refractivity contribution in [2.45, 2.75) is 25.5 Å². The maximum absolute atomic E-state index is 13.2. The van der Waals surface area contributed by atoms with E-state index in [4.69, 9.17) is 0 Å². The van der Waals surface area contributed by atoms with Crippen LogP contribution in [0.4, 0.5) is 4.39 Å². The van der Waals surface area contributed by atoms with E-state index in [9.17, 15) is 9.50 Å². The molecule has 1 saturated heterocycles. The number of aromatic nitrogens is 2. The van der Waals surface area contributed by atoms with Crippen molar-refractivity contribution in [3.8, 4) is 0 Å². The lowest BCUT2D eigenvalue weighted by Crippen LogP contribution is -2.44. The fourth-order valence-electron chi connectivity index (χ4n) is 3.17. The minimum atomic E-state index is -0.374. The molecule has 0 unspecified atom stereocenters. The minimum absolute atomic E-state index is 0.196. The van der Waals surface area contributed by atoms with Crippen molar-refractivity contribution < 1.29 is 9.50 Å². The Kier molecular flexibility index (Phi) is 4.55. The first-order valence-corrected chi connectivity index (χ1v) is 7.72. The molecule has 1 aliphatic heterocycles. The molecule has 2 atom stereocenters. The van der Waals surface area contributed by atoms with Gasteiger partial charge < -0.3 is 9.67 Å². The molecule has 0 saturated carbocycles. The molecule has 1 aromatic heterocycles. The van der Waals surface area contributed by atoms with Gasteiger partial charge in [-0.15, -0.1) is 0 Å². The smallest absolute Gasteiger partial charge is 0.123 e. The third-order valence-corrected chi connectivity index (χ3v) is 4.34. The summed E-state index contributed by atoms with van der Waals surface area (Å²) in [5.74, 6) is -0.0126. The summed E-state index contributed by atoms with van der Waals surface area (Å²) in [5.41, 5.74) is 1.99. The molecule has 2 aromatic rings. The summed E-state index contributed by atoms with van der Waals surface area (Å²) in [5, 5.41) is 10.4. The molecule has 0 aliphatic carbocycles. The van der Waals surface area contributed by atoms with E-state index in [1.54, 1.807) is 18.5 Å². The number of nitrogens with zero attached hydrogens (tertiary/aromatic N) is 3. The normalized spacial score (nSPS) is 22.9. The zero-order valence-electron chi connectivity index (χ0n) is 12.8. The van der Waals surface area contributed by atoms with Gasteiger partial charge in [0, 0.05) is 26.3 Å².